The van der Waals surface area contributed by atoms with Crippen LogP contribution in [-0.4, -0.2) is 12.4 Å². The number of carbonyl (C=O) groups excluding carboxylic acids is 1. The van der Waals surface area contributed by atoms with Crippen molar-refractivity contribution < 1.29 is 9.53 Å². The van der Waals surface area contributed by atoms with Crippen molar-refractivity contribution in [3.63, 3.8) is 0 Å². The van der Waals surface area contributed by atoms with Crippen molar-refractivity contribution in [2.75, 3.05) is 6.61 Å². The molecule has 1 aliphatic rings. The summed E-state index contributed by atoms with van der Waals surface area (Å²) < 4.78 is 5.48. The summed E-state index contributed by atoms with van der Waals surface area (Å²) in [6.45, 7) is 2.16. The van der Waals surface area contributed by atoms with Gasteiger partial charge >= 0.3 is 0 Å². The van der Waals surface area contributed by atoms with Gasteiger partial charge in [-0.1, -0.05) is 18.2 Å². The third-order valence-corrected chi connectivity index (χ3v) is 2.45. The summed E-state index contributed by atoms with van der Waals surface area (Å²) in [6.07, 6.45) is 0.825. The minimum atomic E-state index is 0.0508. The van der Waals surface area contributed by atoms with Crippen molar-refractivity contribution in [1.82, 2.24) is 0 Å². The molecule has 0 N–H and O–H groups in total. The molecule has 0 aliphatic carbocycles. The van der Waals surface area contributed by atoms with Crippen LogP contribution in [0.4, 0.5) is 0 Å². The number of Topliss-reactive ketones (excluding diaryl/α,β-unsaturated/α-hetero) is 1. The summed E-state index contributed by atoms with van der Waals surface area (Å²) in [5.41, 5.74) is 1.15. The van der Waals surface area contributed by atoms with Gasteiger partial charge in [-0.15, -0.1) is 0 Å². The summed E-state index contributed by atoms with van der Waals surface area (Å²) in [7, 11) is 0. The average molecular weight is 176 g/mol. The minimum absolute atomic E-state index is 0.0508. The lowest BCUT2D eigenvalue weighted by Crippen LogP contribution is -2.26. The topological polar surface area (TPSA) is 26.3 Å². The van der Waals surface area contributed by atoms with Gasteiger partial charge in [-0.05, 0) is 25.0 Å². The molecular weight excluding hydrogens is 164 g/mol. The van der Waals surface area contributed by atoms with E-state index in [-0.39, 0.29) is 11.7 Å². The number of benzene rings is 1. The van der Waals surface area contributed by atoms with E-state index in [1.54, 1.807) is 6.92 Å². The highest BCUT2D eigenvalue weighted by molar-refractivity contribution is 5.79. The Balaban J connectivity index is 2.24. The van der Waals surface area contributed by atoms with Gasteiger partial charge in [0.2, 0.25) is 0 Å². The third kappa shape index (κ3) is 1.57. The molecule has 1 heterocycles. The molecule has 2 nitrogen and oxygen atoms in total. The van der Waals surface area contributed by atoms with Gasteiger partial charge in [-0.25, -0.2) is 0 Å². The molecule has 0 aromatic heterocycles. The molecule has 0 saturated heterocycles. The van der Waals surface area contributed by atoms with Crippen LogP contribution < -0.4 is 4.74 Å². The first-order chi connectivity index (χ1) is 6.27. The molecule has 0 saturated carbocycles. The zero-order valence-corrected chi connectivity index (χ0v) is 7.62. The van der Waals surface area contributed by atoms with Gasteiger partial charge in [0.05, 0.1) is 12.5 Å². The molecule has 68 valence electrons. The standard InChI is InChI=1S/C11H12O2/c1-8(12)10-6-9-4-2-3-5-11(9)13-7-10/h2-5,10H,6-7H2,1H3/t10-/m0/s1. The van der Waals surface area contributed by atoms with E-state index >= 15 is 0 Å². The van der Waals surface area contributed by atoms with Crippen LogP contribution in [0.2, 0.25) is 0 Å². The fraction of sp³-hybridized carbons (Fsp3) is 0.364. The Morgan fingerprint density at radius 3 is 3.00 bits per heavy atom. The Bertz CT molecular complexity index is 331. The zero-order valence-electron chi connectivity index (χ0n) is 7.62. The Kier molecular flexibility index (Phi) is 2.05. The third-order valence-electron chi connectivity index (χ3n) is 2.45. The van der Waals surface area contributed by atoms with Gasteiger partial charge in [0.1, 0.15) is 11.5 Å². The van der Waals surface area contributed by atoms with E-state index in [0.29, 0.717) is 6.61 Å². The van der Waals surface area contributed by atoms with E-state index < -0.39 is 0 Å². The van der Waals surface area contributed by atoms with Crippen LogP contribution in [0.5, 0.6) is 5.75 Å². The monoisotopic (exact) mass is 176 g/mol. The Morgan fingerprint density at radius 2 is 2.23 bits per heavy atom. The van der Waals surface area contributed by atoms with Crippen LogP contribution in [0.15, 0.2) is 24.3 Å². The highest BCUT2D eigenvalue weighted by atomic mass is 16.5. The van der Waals surface area contributed by atoms with Crippen molar-refractivity contribution in [3.05, 3.63) is 29.8 Å². The number of fused-ring (bicyclic) bond motifs is 1. The summed E-state index contributed by atoms with van der Waals surface area (Å²) in [6, 6.07) is 7.90. The van der Waals surface area contributed by atoms with E-state index in [9.17, 15) is 4.79 Å². The summed E-state index contributed by atoms with van der Waals surface area (Å²) in [4.78, 5) is 11.1. The fourth-order valence-electron chi connectivity index (χ4n) is 1.59. The molecule has 1 aromatic carbocycles. The molecule has 1 aliphatic heterocycles. The normalized spacial score (nSPS) is 20.2. The van der Waals surface area contributed by atoms with Crippen LogP contribution in [0.3, 0.4) is 0 Å². The minimum Gasteiger partial charge on any atom is -0.493 e. The second kappa shape index (κ2) is 3.21. The molecule has 13 heavy (non-hydrogen) atoms. The Morgan fingerprint density at radius 1 is 1.46 bits per heavy atom. The maximum atomic E-state index is 11.1. The van der Waals surface area contributed by atoms with Crippen LogP contribution >= 0.6 is 0 Å². The van der Waals surface area contributed by atoms with E-state index in [2.05, 4.69) is 0 Å². The summed E-state index contributed by atoms with van der Waals surface area (Å²) in [5.74, 6) is 1.20. The number of hydrogen-bond donors (Lipinski definition) is 0. The number of ether oxygens (including phenoxy) is 1. The summed E-state index contributed by atoms with van der Waals surface area (Å²) >= 11 is 0. The van der Waals surface area contributed by atoms with E-state index in [4.69, 9.17) is 4.74 Å². The summed E-state index contributed by atoms with van der Waals surface area (Å²) in [5, 5.41) is 0. The maximum Gasteiger partial charge on any atom is 0.136 e. The SMILES string of the molecule is CC(=O)[C@@H]1COc2ccccc2C1. The van der Waals surface area contributed by atoms with Crippen LogP contribution in [-0.2, 0) is 11.2 Å². The van der Waals surface area contributed by atoms with Crippen molar-refractivity contribution in [1.29, 1.82) is 0 Å². The zero-order chi connectivity index (χ0) is 9.26. The quantitative estimate of drug-likeness (QED) is 0.652. The maximum absolute atomic E-state index is 11.1. The van der Waals surface area contributed by atoms with Crippen LogP contribution in [0.1, 0.15) is 12.5 Å². The van der Waals surface area contributed by atoms with Gasteiger partial charge < -0.3 is 4.74 Å². The van der Waals surface area contributed by atoms with E-state index in [0.717, 1.165) is 17.7 Å². The fourth-order valence-corrected chi connectivity index (χ4v) is 1.59. The van der Waals surface area contributed by atoms with Gasteiger partial charge in [0, 0.05) is 0 Å². The number of carbonyl (C=O) groups is 1. The molecule has 0 fully saturated rings. The Hall–Kier alpha value is -1.31. The largest absolute Gasteiger partial charge is 0.493 e. The predicted octanol–water partition coefficient (Wildman–Crippen LogP) is 1.83. The van der Waals surface area contributed by atoms with Gasteiger partial charge in [0.25, 0.3) is 0 Å². The molecule has 0 radical (unpaired) electrons. The van der Waals surface area contributed by atoms with Crippen molar-refractivity contribution in [2.24, 2.45) is 5.92 Å². The smallest absolute Gasteiger partial charge is 0.136 e. The number of para-hydroxylation sites is 1. The first kappa shape index (κ1) is 8.30. The number of rotatable bonds is 1. The second-order valence-corrected chi connectivity index (χ2v) is 3.43. The lowest BCUT2D eigenvalue weighted by molar-refractivity contribution is -0.121. The molecule has 0 spiro atoms. The molecular formula is C11H12O2. The highest BCUT2D eigenvalue weighted by Crippen LogP contribution is 2.26. The lowest BCUT2D eigenvalue weighted by atomic mass is 9.94. The molecule has 2 rings (SSSR count). The molecule has 0 amide bonds. The van der Waals surface area contributed by atoms with Crippen molar-refractivity contribution in [2.45, 2.75) is 13.3 Å². The number of ketones is 1. The number of hydrogen-bond acceptors (Lipinski definition) is 2. The predicted molar refractivity (Wildman–Crippen MR) is 49.8 cm³/mol. The van der Waals surface area contributed by atoms with E-state index in [1.807, 2.05) is 24.3 Å². The van der Waals surface area contributed by atoms with Gasteiger partial charge in [0.15, 0.2) is 0 Å². The van der Waals surface area contributed by atoms with Gasteiger partial charge in [-0.3, -0.25) is 4.79 Å². The van der Waals surface area contributed by atoms with Gasteiger partial charge in [-0.2, -0.15) is 0 Å². The molecule has 0 unspecified atom stereocenters. The van der Waals surface area contributed by atoms with Crippen LogP contribution in [0.25, 0.3) is 0 Å². The Labute approximate surface area is 77.5 Å². The first-order valence-corrected chi connectivity index (χ1v) is 4.48. The average Bonchev–Trinajstić information content (AvgIpc) is 2.17. The molecule has 2 heteroatoms. The molecule has 1 atom stereocenters. The van der Waals surface area contributed by atoms with Crippen LogP contribution in [0, 0.1) is 5.92 Å². The second-order valence-electron chi connectivity index (χ2n) is 3.43. The lowest BCUT2D eigenvalue weighted by Gasteiger charge is -2.23. The van der Waals surface area contributed by atoms with Crippen molar-refractivity contribution >= 4 is 5.78 Å². The highest BCUT2D eigenvalue weighted by Gasteiger charge is 2.22. The molecule has 0 bridgehead atoms. The van der Waals surface area contributed by atoms with Crippen molar-refractivity contribution in [3.8, 4) is 5.75 Å². The van der Waals surface area contributed by atoms with E-state index in [1.165, 1.54) is 0 Å². The first-order valence-electron chi connectivity index (χ1n) is 4.48. The molecule has 1 aromatic rings.